The molecule has 0 amide bonds. The first kappa shape index (κ1) is 17.9. The Hall–Kier alpha value is -4.93. The van der Waals surface area contributed by atoms with Gasteiger partial charge in [-0.3, -0.25) is 0 Å². The highest BCUT2D eigenvalue weighted by atomic mass is 15.1. The van der Waals surface area contributed by atoms with Crippen molar-refractivity contribution < 1.29 is 0 Å². The Morgan fingerprint density at radius 1 is 0.781 bits per heavy atom. The number of aromatic amines is 5. The van der Waals surface area contributed by atoms with Gasteiger partial charge in [-0.15, -0.1) is 0 Å². The highest BCUT2D eigenvalue weighted by Crippen LogP contribution is 2.29. The van der Waals surface area contributed by atoms with E-state index in [1.807, 2.05) is 36.9 Å². The molecular weight excluding hydrogens is 406 g/mol. The normalized spacial score (nSPS) is 11.9. The van der Waals surface area contributed by atoms with Crippen LogP contribution in [0.5, 0.6) is 0 Å². The van der Waals surface area contributed by atoms with Crippen LogP contribution >= 0.6 is 0 Å². The van der Waals surface area contributed by atoms with Gasteiger partial charge in [0.25, 0.3) is 0 Å². The van der Waals surface area contributed by atoms with E-state index in [2.05, 4.69) is 50.2 Å². The standard InChI is InChI=1S/C21H17N11/c1-3-25-18(12(1)16-7-23-9-27-16)31-20-14-5-22-6-15(14)21(30-11-29-20)32-19-13(2-4-26-19)17-8-24-10-28-17/h1-11,22,25-26H,(H,23,27)(H,24,28)(H,29,30,31,32). The molecule has 0 aliphatic carbocycles. The summed E-state index contributed by atoms with van der Waals surface area (Å²) < 4.78 is 0. The minimum Gasteiger partial charge on any atom is -0.366 e. The first-order chi connectivity index (χ1) is 15.9. The van der Waals surface area contributed by atoms with Crippen molar-refractivity contribution in [3.63, 3.8) is 0 Å². The van der Waals surface area contributed by atoms with Gasteiger partial charge in [0.15, 0.2) is 5.49 Å². The number of fused-ring (bicyclic) bond motifs is 1. The van der Waals surface area contributed by atoms with E-state index in [1.165, 1.54) is 6.33 Å². The minimum absolute atomic E-state index is 0.533. The maximum Gasteiger partial charge on any atom is 0.165 e. The largest absolute Gasteiger partial charge is 0.366 e. The van der Waals surface area contributed by atoms with E-state index >= 15 is 0 Å². The number of hydrogen-bond acceptors (Lipinski definition) is 6. The van der Waals surface area contributed by atoms with Crippen LogP contribution in [0, 0.1) is 0 Å². The van der Waals surface area contributed by atoms with Crippen LogP contribution in [0.25, 0.3) is 33.3 Å². The third-order valence-electron chi connectivity index (χ3n) is 5.12. The van der Waals surface area contributed by atoms with Gasteiger partial charge in [0.1, 0.15) is 23.8 Å². The van der Waals surface area contributed by atoms with Crippen molar-refractivity contribution in [2.45, 2.75) is 0 Å². The zero-order chi connectivity index (χ0) is 21.3. The van der Waals surface area contributed by atoms with Gasteiger partial charge in [-0.2, -0.15) is 0 Å². The third-order valence-corrected chi connectivity index (χ3v) is 5.12. The average Bonchev–Trinajstić information content (AvgIpc) is 3.61. The van der Waals surface area contributed by atoms with Crippen LogP contribution in [0.1, 0.15) is 0 Å². The molecule has 0 radical (unpaired) electrons. The van der Waals surface area contributed by atoms with Crippen LogP contribution in [0.3, 0.4) is 0 Å². The molecule has 0 aliphatic rings. The molecule has 0 spiro atoms. The Morgan fingerprint density at radius 2 is 1.53 bits per heavy atom. The number of aromatic nitrogens is 9. The number of H-pyrrole nitrogens is 5. The molecule has 0 aliphatic heterocycles. The lowest BCUT2D eigenvalue weighted by molar-refractivity contribution is 1.12. The molecule has 6 aromatic heterocycles. The Bertz CT molecular complexity index is 1550. The number of rotatable bonds is 5. The molecule has 0 atom stereocenters. The molecular formula is C21H17N11. The van der Waals surface area contributed by atoms with E-state index < -0.39 is 0 Å². The van der Waals surface area contributed by atoms with E-state index in [9.17, 15) is 0 Å². The smallest absolute Gasteiger partial charge is 0.165 e. The Balaban J connectivity index is 1.45. The fourth-order valence-electron chi connectivity index (χ4n) is 3.61. The number of nitrogens with zero attached hydrogens (tertiary/aromatic N) is 5. The van der Waals surface area contributed by atoms with Crippen LogP contribution in [0.2, 0.25) is 0 Å². The summed E-state index contributed by atoms with van der Waals surface area (Å²) in [7, 11) is 0. The molecule has 0 saturated heterocycles. The zero-order valence-electron chi connectivity index (χ0n) is 16.6. The summed E-state index contributed by atoms with van der Waals surface area (Å²) in [4.78, 5) is 37.7. The van der Waals surface area contributed by atoms with Crippen molar-refractivity contribution in [3.05, 3.63) is 73.8 Å². The molecule has 0 bridgehead atoms. The average molecular weight is 423 g/mol. The molecule has 0 unspecified atom stereocenters. The lowest BCUT2D eigenvalue weighted by Gasteiger charge is -2.05. The SMILES string of the molecule is c1nc(Nc2[nH]ccc2-c2cnc[nH]2)c2c[nH]cc2/c(=N/c2[nH]ccc2-c2cnc[nH]2)n1. The van der Waals surface area contributed by atoms with Crippen LogP contribution in [-0.4, -0.2) is 44.9 Å². The number of nitrogens with one attached hydrogen (secondary N) is 6. The van der Waals surface area contributed by atoms with E-state index in [0.717, 1.165) is 39.1 Å². The molecule has 0 saturated carbocycles. The van der Waals surface area contributed by atoms with E-state index in [4.69, 9.17) is 4.99 Å². The van der Waals surface area contributed by atoms with Gasteiger partial charge in [-0.1, -0.05) is 0 Å². The summed E-state index contributed by atoms with van der Waals surface area (Å²) in [5.74, 6) is 2.11. The molecule has 32 heavy (non-hydrogen) atoms. The Labute approximate surface area is 180 Å². The molecule has 6 heterocycles. The van der Waals surface area contributed by atoms with Crippen LogP contribution < -0.4 is 10.8 Å². The summed E-state index contributed by atoms with van der Waals surface area (Å²) in [6.45, 7) is 0. The summed E-state index contributed by atoms with van der Waals surface area (Å²) >= 11 is 0. The molecule has 11 heteroatoms. The second-order valence-electron chi connectivity index (χ2n) is 7.00. The second kappa shape index (κ2) is 7.40. The number of imidazole rings is 2. The molecule has 156 valence electrons. The minimum atomic E-state index is 0.533. The van der Waals surface area contributed by atoms with Crippen molar-refractivity contribution in [3.8, 4) is 22.5 Å². The van der Waals surface area contributed by atoms with Crippen LogP contribution in [-0.2, 0) is 0 Å². The van der Waals surface area contributed by atoms with Gasteiger partial charge < -0.3 is 30.2 Å². The van der Waals surface area contributed by atoms with Crippen LogP contribution in [0.4, 0.5) is 17.5 Å². The maximum atomic E-state index is 4.77. The highest BCUT2D eigenvalue weighted by Gasteiger charge is 2.12. The number of anilines is 2. The van der Waals surface area contributed by atoms with Gasteiger partial charge >= 0.3 is 0 Å². The van der Waals surface area contributed by atoms with Gasteiger partial charge in [-0.05, 0) is 12.1 Å². The summed E-state index contributed by atoms with van der Waals surface area (Å²) in [6, 6.07) is 3.91. The molecule has 0 aromatic carbocycles. The quantitative estimate of drug-likeness (QED) is 0.251. The van der Waals surface area contributed by atoms with Gasteiger partial charge in [-0.25, -0.2) is 24.9 Å². The summed E-state index contributed by atoms with van der Waals surface area (Å²) in [5, 5.41) is 5.04. The maximum absolute atomic E-state index is 4.77. The van der Waals surface area contributed by atoms with Crippen molar-refractivity contribution >= 4 is 28.2 Å². The molecule has 0 fully saturated rings. The fraction of sp³-hybridized carbons (Fsp3) is 0. The predicted molar refractivity (Wildman–Crippen MR) is 119 cm³/mol. The zero-order valence-corrected chi connectivity index (χ0v) is 16.6. The monoisotopic (exact) mass is 423 g/mol. The van der Waals surface area contributed by atoms with Crippen molar-refractivity contribution in [2.24, 2.45) is 4.99 Å². The van der Waals surface area contributed by atoms with Crippen molar-refractivity contribution in [2.75, 3.05) is 5.32 Å². The lowest BCUT2D eigenvalue weighted by Crippen LogP contribution is -2.03. The first-order valence-corrected chi connectivity index (χ1v) is 9.82. The topological polar surface area (TPSA) is 155 Å². The fourth-order valence-corrected chi connectivity index (χ4v) is 3.61. The Morgan fingerprint density at radius 3 is 2.34 bits per heavy atom. The van der Waals surface area contributed by atoms with Crippen molar-refractivity contribution in [1.82, 2.24) is 44.9 Å². The van der Waals surface area contributed by atoms with Crippen LogP contribution in [0.15, 0.2) is 73.3 Å². The summed E-state index contributed by atoms with van der Waals surface area (Å²) in [6.07, 6.45) is 15.7. The van der Waals surface area contributed by atoms with Gasteiger partial charge in [0.2, 0.25) is 0 Å². The van der Waals surface area contributed by atoms with Gasteiger partial charge in [0.05, 0.1) is 36.4 Å². The van der Waals surface area contributed by atoms with Crippen molar-refractivity contribution in [1.29, 1.82) is 0 Å². The first-order valence-electron chi connectivity index (χ1n) is 9.82. The molecule has 6 rings (SSSR count). The second-order valence-corrected chi connectivity index (χ2v) is 7.00. The van der Waals surface area contributed by atoms with E-state index in [-0.39, 0.29) is 0 Å². The highest BCUT2D eigenvalue weighted by molar-refractivity contribution is 5.93. The van der Waals surface area contributed by atoms with E-state index in [1.54, 1.807) is 25.0 Å². The van der Waals surface area contributed by atoms with Gasteiger partial charge in [0, 0.05) is 46.7 Å². The Kier molecular flexibility index (Phi) is 4.13. The summed E-state index contributed by atoms with van der Waals surface area (Å²) in [5.41, 5.74) is 4.15. The molecule has 11 nitrogen and oxygen atoms in total. The van der Waals surface area contributed by atoms with E-state index in [0.29, 0.717) is 17.1 Å². The predicted octanol–water partition coefficient (Wildman–Crippen LogP) is 3.37. The molecule has 6 N–H and O–H groups in total. The number of hydrogen-bond donors (Lipinski definition) is 6. The molecule has 6 aromatic rings. The lowest BCUT2D eigenvalue weighted by atomic mass is 10.2. The third kappa shape index (κ3) is 3.04.